The van der Waals surface area contributed by atoms with Crippen LogP contribution in [0.5, 0.6) is 5.75 Å². The van der Waals surface area contributed by atoms with Crippen LogP contribution >= 0.6 is 0 Å². The molecule has 1 atom stereocenters. The standard InChI is InChI=1S/C19H29N3O3/c1-14(20-18(24)19(2,3)4)17(23)22-12-10-21(11-13-22)15-8-6-7-9-16(15)25-5/h6-9,14H,10-13H2,1-5H3,(H,20,24). The number of hydrogen-bond donors (Lipinski definition) is 1. The van der Waals surface area contributed by atoms with E-state index < -0.39 is 11.5 Å². The minimum Gasteiger partial charge on any atom is -0.495 e. The summed E-state index contributed by atoms with van der Waals surface area (Å²) < 4.78 is 5.42. The first-order valence-electron chi connectivity index (χ1n) is 8.71. The molecule has 6 nitrogen and oxygen atoms in total. The Kier molecular flexibility index (Phi) is 5.93. The molecule has 0 spiro atoms. The Balaban J connectivity index is 1.93. The molecular formula is C19H29N3O3. The number of anilines is 1. The fourth-order valence-corrected chi connectivity index (χ4v) is 2.81. The van der Waals surface area contributed by atoms with Gasteiger partial charge in [0.25, 0.3) is 0 Å². The van der Waals surface area contributed by atoms with E-state index in [2.05, 4.69) is 10.2 Å². The van der Waals surface area contributed by atoms with Crippen molar-refractivity contribution in [3.8, 4) is 5.75 Å². The molecule has 2 amide bonds. The first-order valence-corrected chi connectivity index (χ1v) is 8.71. The maximum atomic E-state index is 12.6. The highest BCUT2D eigenvalue weighted by molar-refractivity contribution is 5.89. The molecule has 0 radical (unpaired) electrons. The number of amides is 2. The third-order valence-electron chi connectivity index (χ3n) is 4.42. The van der Waals surface area contributed by atoms with Crippen molar-refractivity contribution in [2.45, 2.75) is 33.7 Å². The number of para-hydroxylation sites is 2. The summed E-state index contributed by atoms with van der Waals surface area (Å²) in [6.07, 6.45) is 0. The minimum atomic E-state index is -0.510. The fourth-order valence-electron chi connectivity index (χ4n) is 2.81. The molecule has 1 aliphatic heterocycles. The number of ether oxygens (including phenoxy) is 1. The summed E-state index contributed by atoms with van der Waals surface area (Å²) in [6, 6.07) is 7.39. The lowest BCUT2D eigenvalue weighted by molar-refractivity contribution is -0.138. The van der Waals surface area contributed by atoms with Gasteiger partial charge in [0.05, 0.1) is 12.8 Å². The predicted molar refractivity (Wildman–Crippen MR) is 98.8 cm³/mol. The van der Waals surface area contributed by atoms with Crippen LogP contribution in [0.15, 0.2) is 24.3 Å². The van der Waals surface area contributed by atoms with Gasteiger partial charge in [0.1, 0.15) is 11.8 Å². The van der Waals surface area contributed by atoms with E-state index in [1.54, 1.807) is 14.0 Å². The third-order valence-corrected chi connectivity index (χ3v) is 4.42. The second-order valence-electron chi connectivity index (χ2n) is 7.43. The maximum absolute atomic E-state index is 12.6. The Morgan fingerprint density at radius 2 is 1.72 bits per heavy atom. The highest BCUT2D eigenvalue weighted by Gasteiger charge is 2.29. The Labute approximate surface area is 150 Å². The number of carbonyl (C=O) groups excluding carboxylic acids is 2. The van der Waals surface area contributed by atoms with Crippen LogP contribution in [0.4, 0.5) is 5.69 Å². The summed E-state index contributed by atoms with van der Waals surface area (Å²) in [6.45, 7) is 10.0. The van der Waals surface area contributed by atoms with Gasteiger partial charge in [0.15, 0.2) is 0 Å². The zero-order chi connectivity index (χ0) is 18.6. The monoisotopic (exact) mass is 347 g/mol. The van der Waals surface area contributed by atoms with Crippen molar-refractivity contribution < 1.29 is 14.3 Å². The quantitative estimate of drug-likeness (QED) is 0.904. The number of rotatable bonds is 4. The first-order chi connectivity index (χ1) is 11.7. The Morgan fingerprint density at radius 3 is 2.28 bits per heavy atom. The van der Waals surface area contributed by atoms with Gasteiger partial charge in [-0.1, -0.05) is 32.9 Å². The molecule has 1 aliphatic rings. The van der Waals surface area contributed by atoms with Gasteiger partial charge < -0.3 is 19.9 Å². The fraction of sp³-hybridized carbons (Fsp3) is 0.579. The molecule has 1 heterocycles. The summed E-state index contributed by atoms with van der Waals surface area (Å²) in [4.78, 5) is 28.7. The number of carbonyl (C=O) groups is 2. The molecule has 1 fully saturated rings. The van der Waals surface area contributed by atoms with Crippen LogP contribution in [-0.4, -0.2) is 56.0 Å². The van der Waals surface area contributed by atoms with Gasteiger partial charge in [0, 0.05) is 31.6 Å². The van der Waals surface area contributed by atoms with E-state index in [1.807, 2.05) is 49.9 Å². The molecule has 0 saturated carbocycles. The second-order valence-corrected chi connectivity index (χ2v) is 7.43. The zero-order valence-electron chi connectivity index (χ0n) is 15.8. The number of piperazine rings is 1. The summed E-state index contributed by atoms with van der Waals surface area (Å²) in [5, 5.41) is 2.81. The molecule has 6 heteroatoms. The van der Waals surface area contributed by atoms with Crippen molar-refractivity contribution in [1.29, 1.82) is 0 Å². The summed E-state index contributed by atoms with van der Waals surface area (Å²) in [5.41, 5.74) is 0.545. The average molecular weight is 347 g/mol. The van der Waals surface area contributed by atoms with E-state index in [-0.39, 0.29) is 11.8 Å². The Morgan fingerprint density at radius 1 is 1.12 bits per heavy atom. The van der Waals surface area contributed by atoms with Crippen LogP contribution in [0, 0.1) is 5.41 Å². The van der Waals surface area contributed by atoms with Gasteiger partial charge in [-0.2, -0.15) is 0 Å². The summed E-state index contributed by atoms with van der Waals surface area (Å²) in [7, 11) is 1.66. The van der Waals surface area contributed by atoms with E-state index in [9.17, 15) is 9.59 Å². The normalized spacial score (nSPS) is 16.4. The molecule has 1 unspecified atom stereocenters. The Hall–Kier alpha value is -2.24. The number of nitrogens with one attached hydrogen (secondary N) is 1. The molecular weight excluding hydrogens is 318 g/mol. The molecule has 2 rings (SSSR count). The molecule has 25 heavy (non-hydrogen) atoms. The molecule has 0 bridgehead atoms. The van der Waals surface area contributed by atoms with E-state index in [0.717, 1.165) is 24.5 Å². The van der Waals surface area contributed by atoms with Crippen LogP contribution in [0.25, 0.3) is 0 Å². The smallest absolute Gasteiger partial charge is 0.244 e. The lowest BCUT2D eigenvalue weighted by Crippen LogP contribution is -2.55. The molecule has 0 aliphatic carbocycles. The number of methoxy groups -OCH3 is 1. The number of hydrogen-bond acceptors (Lipinski definition) is 4. The minimum absolute atomic E-state index is 0.0303. The number of nitrogens with zero attached hydrogens (tertiary/aromatic N) is 2. The molecule has 1 aromatic rings. The summed E-state index contributed by atoms with van der Waals surface area (Å²) in [5.74, 6) is 0.700. The Bertz CT molecular complexity index is 617. The first kappa shape index (κ1) is 19.1. The van der Waals surface area contributed by atoms with Crippen LogP contribution in [-0.2, 0) is 9.59 Å². The zero-order valence-corrected chi connectivity index (χ0v) is 15.8. The molecule has 0 aromatic heterocycles. The van der Waals surface area contributed by atoms with Gasteiger partial charge in [0.2, 0.25) is 11.8 Å². The van der Waals surface area contributed by atoms with Gasteiger partial charge in [-0.25, -0.2) is 0 Å². The average Bonchev–Trinajstić information content (AvgIpc) is 2.60. The van der Waals surface area contributed by atoms with Gasteiger partial charge in [-0.3, -0.25) is 9.59 Å². The van der Waals surface area contributed by atoms with E-state index in [1.165, 1.54) is 0 Å². The lowest BCUT2D eigenvalue weighted by atomic mass is 9.95. The number of benzene rings is 1. The van der Waals surface area contributed by atoms with E-state index in [4.69, 9.17) is 4.74 Å². The largest absolute Gasteiger partial charge is 0.495 e. The van der Waals surface area contributed by atoms with Gasteiger partial charge in [-0.15, -0.1) is 0 Å². The SMILES string of the molecule is COc1ccccc1N1CCN(C(=O)C(C)NC(=O)C(C)(C)C)CC1. The van der Waals surface area contributed by atoms with Crippen molar-refractivity contribution in [1.82, 2.24) is 10.2 Å². The summed E-state index contributed by atoms with van der Waals surface area (Å²) >= 11 is 0. The molecule has 138 valence electrons. The van der Waals surface area contributed by atoms with Crippen molar-refractivity contribution >= 4 is 17.5 Å². The lowest BCUT2D eigenvalue weighted by Gasteiger charge is -2.37. The van der Waals surface area contributed by atoms with Crippen molar-refractivity contribution in [2.24, 2.45) is 5.41 Å². The van der Waals surface area contributed by atoms with Crippen LogP contribution < -0.4 is 15.0 Å². The van der Waals surface area contributed by atoms with Gasteiger partial charge in [-0.05, 0) is 19.1 Å². The van der Waals surface area contributed by atoms with Crippen molar-refractivity contribution in [3.05, 3.63) is 24.3 Å². The molecule has 1 aromatic carbocycles. The van der Waals surface area contributed by atoms with Crippen LogP contribution in [0.1, 0.15) is 27.7 Å². The van der Waals surface area contributed by atoms with Crippen LogP contribution in [0.2, 0.25) is 0 Å². The van der Waals surface area contributed by atoms with Crippen molar-refractivity contribution in [2.75, 3.05) is 38.2 Å². The maximum Gasteiger partial charge on any atom is 0.244 e. The topological polar surface area (TPSA) is 61.9 Å². The second kappa shape index (κ2) is 7.76. The highest BCUT2D eigenvalue weighted by atomic mass is 16.5. The van der Waals surface area contributed by atoms with Gasteiger partial charge >= 0.3 is 0 Å². The van der Waals surface area contributed by atoms with Crippen molar-refractivity contribution in [3.63, 3.8) is 0 Å². The molecule has 1 saturated heterocycles. The predicted octanol–water partition coefficient (Wildman–Crippen LogP) is 1.89. The van der Waals surface area contributed by atoms with E-state index >= 15 is 0 Å². The van der Waals surface area contributed by atoms with Crippen LogP contribution in [0.3, 0.4) is 0 Å². The molecule has 1 N–H and O–H groups in total. The van der Waals surface area contributed by atoms with E-state index in [0.29, 0.717) is 13.1 Å². The third kappa shape index (κ3) is 4.65. The highest BCUT2D eigenvalue weighted by Crippen LogP contribution is 2.28.